The average molecular weight is 354 g/mol. The van der Waals surface area contributed by atoms with E-state index in [0.717, 1.165) is 21.9 Å². The lowest BCUT2D eigenvalue weighted by Crippen LogP contribution is -2.04. The van der Waals surface area contributed by atoms with Crippen molar-refractivity contribution >= 4 is 34.6 Å². The standard InChI is InChI=1S/C22H18N4O/c23-20-18(12-10-14-6-2-1-3-7-14)25-22(24)26-21(20)17-11-13-19(27)16-9-5-4-8-15(16)17/h1-13,27H,23H2,(H2,24,25,26)/b12-10+. The van der Waals surface area contributed by atoms with Gasteiger partial charge in [-0.15, -0.1) is 0 Å². The maximum absolute atomic E-state index is 10.1. The van der Waals surface area contributed by atoms with E-state index in [1.54, 1.807) is 12.1 Å². The molecule has 5 N–H and O–H groups in total. The lowest BCUT2D eigenvalue weighted by molar-refractivity contribution is 0.481. The van der Waals surface area contributed by atoms with Crippen LogP contribution in [0.4, 0.5) is 11.6 Å². The van der Waals surface area contributed by atoms with Crippen molar-refractivity contribution < 1.29 is 5.11 Å². The van der Waals surface area contributed by atoms with Crippen molar-refractivity contribution in [1.82, 2.24) is 9.97 Å². The Bertz CT molecular complexity index is 1150. The average Bonchev–Trinajstić information content (AvgIpc) is 2.70. The Hall–Kier alpha value is -3.86. The molecular weight excluding hydrogens is 336 g/mol. The number of phenolic OH excluding ortho intramolecular Hbond substituents is 1. The second kappa shape index (κ2) is 6.80. The van der Waals surface area contributed by atoms with E-state index in [2.05, 4.69) is 9.97 Å². The molecule has 0 spiro atoms. The van der Waals surface area contributed by atoms with Crippen molar-refractivity contribution in [2.75, 3.05) is 11.5 Å². The lowest BCUT2D eigenvalue weighted by Gasteiger charge is -2.12. The van der Waals surface area contributed by atoms with Crippen LogP contribution < -0.4 is 11.5 Å². The van der Waals surface area contributed by atoms with Gasteiger partial charge in [0, 0.05) is 10.9 Å². The molecule has 0 aliphatic heterocycles. The predicted molar refractivity (Wildman–Crippen MR) is 111 cm³/mol. The third-order valence-electron chi connectivity index (χ3n) is 4.38. The fourth-order valence-electron chi connectivity index (χ4n) is 3.07. The number of aromatic hydroxyl groups is 1. The number of anilines is 2. The molecule has 1 heterocycles. The molecular formula is C22H18N4O. The molecule has 5 nitrogen and oxygen atoms in total. The number of nitrogens with two attached hydrogens (primary N) is 2. The largest absolute Gasteiger partial charge is 0.507 e. The molecule has 1 aromatic heterocycles. The molecule has 0 saturated carbocycles. The Morgan fingerprint density at radius 2 is 1.44 bits per heavy atom. The molecule has 5 heteroatoms. The van der Waals surface area contributed by atoms with Crippen molar-refractivity contribution in [3.8, 4) is 17.0 Å². The topological polar surface area (TPSA) is 98.0 Å². The summed E-state index contributed by atoms with van der Waals surface area (Å²) in [5.74, 6) is 0.350. The van der Waals surface area contributed by atoms with Crippen LogP contribution in [0.15, 0.2) is 66.7 Å². The number of hydrogen-bond acceptors (Lipinski definition) is 5. The number of phenols is 1. The normalized spacial score (nSPS) is 11.3. The molecule has 4 rings (SSSR count). The summed E-state index contributed by atoms with van der Waals surface area (Å²) in [6, 6.07) is 20.8. The van der Waals surface area contributed by atoms with E-state index in [1.807, 2.05) is 66.7 Å². The van der Waals surface area contributed by atoms with Crippen LogP contribution in [-0.2, 0) is 0 Å². The number of rotatable bonds is 3. The monoisotopic (exact) mass is 354 g/mol. The minimum atomic E-state index is 0.143. The number of benzene rings is 3. The third-order valence-corrected chi connectivity index (χ3v) is 4.38. The molecule has 3 aromatic carbocycles. The lowest BCUT2D eigenvalue weighted by atomic mass is 9.99. The third kappa shape index (κ3) is 3.18. The van der Waals surface area contributed by atoms with Gasteiger partial charge in [-0.3, -0.25) is 0 Å². The SMILES string of the molecule is Nc1nc(/C=C/c2ccccc2)c(N)c(-c2ccc(O)c3ccccc23)n1. The molecule has 0 fully saturated rings. The second-order valence-corrected chi connectivity index (χ2v) is 6.15. The van der Waals surface area contributed by atoms with Crippen molar-refractivity contribution in [2.45, 2.75) is 0 Å². The van der Waals surface area contributed by atoms with Crippen LogP contribution in [0.3, 0.4) is 0 Å². The van der Waals surface area contributed by atoms with E-state index in [4.69, 9.17) is 11.5 Å². The summed E-state index contributed by atoms with van der Waals surface area (Å²) in [4.78, 5) is 8.64. The van der Waals surface area contributed by atoms with Crippen LogP contribution in [0.25, 0.3) is 34.2 Å². The van der Waals surface area contributed by atoms with Crippen molar-refractivity contribution in [3.63, 3.8) is 0 Å². The fourth-order valence-corrected chi connectivity index (χ4v) is 3.07. The number of fused-ring (bicyclic) bond motifs is 1. The first-order chi connectivity index (χ1) is 13.1. The van der Waals surface area contributed by atoms with Gasteiger partial charge in [-0.2, -0.15) is 0 Å². The fraction of sp³-hybridized carbons (Fsp3) is 0. The van der Waals surface area contributed by atoms with E-state index in [1.165, 1.54) is 0 Å². The molecule has 0 saturated heterocycles. The van der Waals surface area contributed by atoms with Gasteiger partial charge in [-0.05, 0) is 29.2 Å². The zero-order valence-electron chi connectivity index (χ0n) is 14.5. The molecule has 0 aliphatic rings. The van der Waals surface area contributed by atoms with Gasteiger partial charge in [0.25, 0.3) is 0 Å². The van der Waals surface area contributed by atoms with Crippen molar-refractivity contribution in [1.29, 1.82) is 0 Å². The maximum atomic E-state index is 10.1. The highest BCUT2D eigenvalue weighted by molar-refractivity contribution is 6.02. The van der Waals surface area contributed by atoms with Crippen LogP contribution >= 0.6 is 0 Å². The van der Waals surface area contributed by atoms with Gasteiger partial charge in [-0.25, -0.2) is 9.97 Å². The number of nitrogens with zero attached hydrogens (tertiary/aromatic N) is 2. The predicted octanol–water partition coefficient (Wildman–Crippen LogP) is 4.34. The van der Waals surface area contributed by atoms with Gasteiger partial charge in [0.2, 0.25) is 5.95 Å². The van der Waals surface area contributed by atoms with E-state index in [-0.39, 0.29) is 11.7 Å². The van der Waals surface area contributed by atoms with E-state index in [9.17, 15) is 5.11 Å². The molecule has 0 aliphatic carbocycles. The zero-order valence-corrected chi connectivity index (χ0v) is 14.5. The Labute approximate surface area is 156 Å². The summed E-state index contributed by atoms with van der Waals surface area (Å²) in [5.41, 5.74) is 15.7. The Balaban J connectivity index is 1.87. The molecule has 4 aromatic rings. The van der Waals surface area contributed by atoms with Gasteiger partial charge in [0.1, 0.15) is 11.4 Å². The van der Waals surface area contributed by atoms with Gasteiger partial charge < -0.3 is 16.6 Å². The first-order valence-corrected chi connectivity index (χ1v) is 8.50. The van der Waals surface area contributed by atoms with Crippen LogP contribution in [0.5, 0.6) is 5.75 Å². The molecule has 0 amide bonds. The van der Waals surface area contributed by atoms with Gasteiger partial charge in [-0.1, -0.05) is 60.7 Å². The van der Waals surface area contributed by atoms with E-state index in [0.29, 0.717) is 17.1 Å². The summed E-state index contributed by atoms with van der Waals surface area (Å²) in [6.07, 6.45) is 3.76. The summed E-state index contributed by atoms with van der Waals surface area (Å²) in [6.45, 7) is 0. The smallest absolute Gasteiger partial charge is 0.221 e. The maximum Gasteiger partial charge on any atom is 0.221 e. The summed E-state index contributed by atoms with van der Waals surface area (Å²) < 4.78 is 0. The Morgan fingerprint density at radius 3 is 2.22 bits per heavy atom. The summed E-state index contributed by atoms with van der Waals surface area (Å²) in [7, 11) is 0. The molecule has 0 atom stereocenters. The summed E-state index contributed by atoms with van der Waals surface area (Å²) in [5, 5.41) is 11.7. The number of hydrogen-bond donors (Lipinski definition) is 3. The first kappa shape index (κ1) is 16.6. The number of nitrogen functional groups attached to an aromatic ring is 2. The Kier molecular flexibility index (Phi) is 4.18. The zero-order chi connectivity index (χ0) is 18.8. The minimum absolute atomic E-state index is 0.143. The summed E-state index contributed by atoms with van der Waals surface area (Å²) >= 11 is 0. The van der Waals surface area contributed by atoms with Gasteiger partial charge >= 0.3 is 0 Å². The minimum Gasteiger partial charge on any atom is -0.507 e. The van der Waals surface area contributed by atoms with E-state index >= 15 is 0 Å². The molecule has 132 valence electrons. The highest BCUT2D eigenvalue weighted by Crippen LogP contribution is 2.36. The Morgan fingerprint density at radius 1 is 0.741 bits per heavy atom. The molecule has 0 unspecified atom stereocenters. The molecule has 0 bridgehead atoms. The van der Waals surface area contributed by atoms with Gasteiger partial charge in [0.05, 0.1) is 11.4 Å². The van der Waals surface area contributed by atoms with Crippen LogP contribution in [0, 0.1) is 0 Å². The van der Waals surface area contributed by atoms with E-state index < -0.39 is 0 Å². The van der Waals surface area contributed by atoms with Crippen LogP contribution in [-0.4, -0.2) is 15.1 Å². The first-order valence-electron chi connectivity index (χ1n) is 8.50. The van der Waals surface area contributed by atoms with Crippen molar-refractivity contribution in [2.24, 2.45) is 0 Å². The highest BCUT2D eigenvalue weighted by atomic mass is 16.3. The van der Waals surface area contributed by atoms with Crippen LogP contribution in [0.1, 0.15) is 11.3 Å². The molecule has 27 heavy (non-hydrogen) atoms. The van der Waals surface area contributed by atoms with Crippen LogP contribution in [0.2, 0.25) is 0 Å². The van der Waals surface area contributed by atoms with Crippen molar-refractivity contribution in [3.05, 3.63) is 78.0 Å². The quantitative estimate of drug-likeness (QED) is 0.508. The van der Waals surface area contributed by atoms with Gasteiger partial charge in [0.15, 0.2) is 0 Å². The number of aromatic nitrogens is 2. The molecule has 0 radical (unpaired) electrons. The highest BCUT2D eigenvalue weighted by Gasteiger charge is 2.14. The second-order valence-electron chi connectivity index (χ2n) is 6.15.